The number of hydrogen-bond acceptors (Lipinski definition) is 4. The largest absolute Gasteiger partial charge is 0.504 e. The Morgan fingerprint density at radius 3 is 2.33 bits per heavy atom. The second-order valence-electron chi connectivity index (χ2n) is 5.51. The molecule has 0 aliphatic rings. The van der Waals surface area contributed by atoms with Gasteiger partial charge in [0.2, 0.25) is 0 Å². The SMILES string of the molecule is COc1cccc(CNC(C)(C)C(C)(C)O)c1O. The van der Waals surface area contributed by atoms with Crippen LogP contribution in [0.2, 0.25) is 0 Å². The monoisotopic (exact) mass is 253 g/mol. The molecule has 18 heavy (non-hydrogen) atoms. The maximum Gasteiger partial charge on any atom is 0.162 e. The van der Waals surface area contributed by atoms with E-state index < -0.39 is 11.1 Å². The summed E-state index contributed by atoms with van der Waals surface area (Å²) in [6.45, 7) is 7.81. The predicted molar refractivity (Wildman–Crippen MR) is 71.9 cm³/mol. The fourth-order valence-electron chi connectivity index (χ4n) is 1.41. The molecular weight excluding hydrogens is 230 g/mol. The Morgan fingerprint density at radius 2 is 1.83 bits per heavy atom. The minimum absolute atomic E-state index is 0.138. The van der Waals surface area contributed by atoms with Crippen LogP contribution in [-0.2, 0) is 6.54 Å². The topological polar surface area (TPSA) is 61.7 Å². The van der Waals surface area contributed by atoms with Crippen molar-refractivity contribution in [2.45, 2.75) is 45.4 Å². The van der Waals surface area contributed by atoms with Gasteiger partial charge in [-0.3, -0.25) is 0 Å². The number of hydrogen-bond donors (Lipinski definition) is 3. The van der Waals surface area contributed by atoms with Crippen LogP contribution < -0.4 is 10.1 Å². The van der Waals surface area contributed by atoms with Crippen molar-refractivity contribution < 1.29 is 14.9 Å². The van der Waals surface area contributed by atoms with Crippen molar-refractivity contribution >= 4 is 0 Å². The number of aliphatic hydroxyl groups is 1. The minimum atomic E-state index is -0.860. The number of ether oxygens (including phenoxy) is 1. The van der Waals surface area contributed by atoms with Crippen LogP contribution in [0.4, 0.5) is 0 Å². The number of para-hydroxylation sites is 1. The molecule has 0 amide bonds. The normalized spacial score (nSPS) is 12.6. The molecule has 3 N–H and O–H groups in total. The highest BCUT2D eigenvalue weighted by Crippen LogP contribution is 2.30. The third-order valence-corrected chi connectivity index (χ3v) is 3.55. The summed E-state index contributed by atoms with van der Waals surface area (Å²) in [6, 6.07) is 5.36. The van der Waals surface area contributed by atoms with E-state index in [4.69, 9.17) is 4.74 Å². The Kier molecular flexibility index (Phi) is 4.24. The van der Waals surface area contributed by atoms with E-state index in [0.717, 1.165) is 5.56 Å². The van der Waals surface area contributed by atoms with Gasteiger partial charge in [0.25, 0.3) is 0 Å². The molecule has 0 aromatic heterocycles. The quantitative estimate of drug-likeness (QED) is 0.751. The molecule has 1 aromatic carbocycles. The first-order chi connectivity index (χ1) is 8.19. The Morgan fingerprint density at radius 1 is 1.22 bits per heavy atom. The highest BCUT2D eigenvalue weighted by Gasteiger charge is 2.34. The van der Waals surface area contributed by atoms with E-state index in [0.29, 0.717) is 12.3 Å². The van der Waals surface area contributed by atoms with Crippen LogP contribution in [0.3, 0.4) is 0 Å². The maximum absolute atomic E-state index is 10.0. The lowest BCUT2D eigenvalue weighted by Gasteiger charge is -2.38. The fourth-order valence-corrected chi connectivity index (χ4v) is 1.41. The standard InChI is InChI=1S/C14H23NO3/c1-13(2,14(3,4)17)15-9-10-7-6-8-11(18-5)12(10)16/h6-8,15-17H,9H2,1-5H3. The number of benzene rings is 1. The van der Waals surface area contributed by atoms with Crippen LogP contribution in [-0.4, -0.2) is 28.5 Å². The van der Waals surface area contributed by atoms with Gasteiger partial charge >= 0.3 is 0 Å². The van der Waals surface area contributed by atoms with Crippen LogP contribution >= 0.6 is 0 Å². The molecule has 0 saturated heterocycles. The van der Waals surface area contributed by atoms with E-state index in [1.807, 2.05) is 26.0 Å². The van der Waals surface area contributed by atoms with Gasteiger partial charge in [0, 0.05) is 17.6 Å². The zero-order valence-electron chi connectivity index (χ0n) is 11.7. The van der Waals surface area contributed by atoms with Gasteiger partial charge < -0.3 is 20.3 Å². The molecule has 0 heterocycles. The predicted octanol–water partition coefficient (Wildman–Crippen LogP) is 2.04. The molecule has 1 rings (SSSR count). The van der Waals surface area contributed by atoms with Gasteiger partial charge in [0.05, 0.1) is 12.7 Å². The van der Waals surface area contributed by atoms with Gasteiger partial charge in [0.15, 0.2) is 11.5 Å². The van der Waals surface area contributed by atoms with Crippen molar-refractivity contribution in [2.24, 2.45) is 0 Å². The summed E-state index contributed by atoms with van der Waals surface area (Å²) in [6.07, 6.45) is 0. The molecule has 0 saturated carbocycles. The van der Waals surface area contributed by atoms with Gasteiger partial charge in [-0.25, -0.2) is 0 Å². The van der Waals surface area contributed by atoms with Crippen molar-refractivity contribution in [1.29, 1.82) is 0 Å². The fraction of sp³-hybridized carbons (Fsp3) is 0.571. The summed E-state index contributed by atoms with van der Waals surface area (Å²) in [5.41, 5.74) is -0.587. The molecule has 4 nitrogen and oxygen atoms in total. The molecule has 4 heteroatoms. The van der Waals surface area contributed by atoms with Crippen LogP contribution in [0.1, 0.15) is 33.3 Å². The summed E-state index contributed by atoms with van der Waals surface area (Å²) >= 11 is 0. The van der Waals surface area contributed by atoms with Crippen LogP contribution in [0, 0.1) is 0 Å². The molecule has 0 radical (unpaired) electrons. The molecule has 102 valence electrons. The lowest BCUT2D eigenvalue weighted by atomic mass is 9.86. The highest BCUT2D eigenvalue weighted by molar-refractivity contribution is 5.45. The third-order valence-electron chi connectivity index (χ3n) is 3.55. The van der Waals surface area contributed by atoms with Crippen molar-refractivity contribution in [2.75, 3.05) is 7.11 Å². The summed E-state index contributed by atoms with van der Waals surface area (Å²) in [4.78, 5) is 0. The van der Waals surface area contributed by atoms with E-state index in [1.54, 1.807) is 19.9 Å². The van der Waals surface area contributed by atoms with Crippen molar-refractivity contribution in [3.05, 3.63) is 23.8 Å². The molecule has 0 aliphatic heterocycles. The zero-order chi connectivity index (χ0) is 14.0. The average molecular weight is 253 g/mol. The number of methoxy groups -OCH3 is 1. The summed E-state index contributed by atoms with van der Waals surface area (Å²) in [7, 11) is 1.52. The first kappa shape index (κ1) is 14.8. The van der Waals surface area contributed by atoms with Crippen molar-refractivity contribution in [1.82, 2.24) is 5.32 Å². The summed E-state index contributed by atoms with van der Waals surface area (Å²) < 4.78 is 5.06. The van der Waals surface area contributed by atoms with E-state index >= 15 is 0 Å². The summed E-state index contributed by atoms with van der Waals surface area (Å²) in [5.74, 6) is 0.592. The molecule has 0 bridgehead atoms. The van der Waals surface area contributed by atoms with Crippen LogP contribution in [0.25, 0.3) is 0 Å². The van der Waals surface area contributed by atoms with E-state index in [9.17, 15) is 10.2 Å². The highest BCUT2D eigenvalue weighted by atomic mass is 16.5. The van der Waals surface area contributed by atoms with Crippen LogP contribution in [0.5, 0.6) is 11.5 Å². The molecule has 0 atom stereocenters. The smallest absolute Gasteiger partial charge is 0.162 e. The molecule has 0 unspecified atom stereocenters. The number of phenols is 1. The minimum Gasteiger partial charge on any atom is -0.504 e. The molecule has 0 fully saturated rings. The zero-order valence-corrected chi connectivity index (χ0v) is 11.7. The van der Waals surface area contributed by atoms with Crippen molar-refractivity contribution in [3.63, 3.8) is 0 Å². The van der Waals surface area contributed by atoms with Gasteiger partial charge in [0.1, 0.15) is 0 Å². The number of aromatic hydroxyl groups is 1. The third kappa shape index (κ3) is 3.15. The molecular formula is C14H23NO3. The van der Waals surface area contributed by atoms with Gasteiger partial charge in [-0.15, -0.1) is 0 Å². The van der Waals surface area contributed by atoms with Crippen molar-refractivity contribution in [3.8, 4) is 11.5 Å². The maximum atomic E-state index is 10.0. The molecule has 1 aromatic rings. The Labute approximate surface area is 109 Å². The van der Waals surface area contributed by atoms with Gasteiger partial charge in [-0.2, -0.15) is 0 Å². The van der Waals surface area contributed by atoms with E-state index in [-0.39, 0.29) is 5.75 Å². The Hall–Kier alpha value is -1.26. The summed E-state index contributed by atoms with van der Waals surface area (Å²) in [5, 5.41) is 23.2. The number of rotatable bonds is 5. The average Bonchev–Trinajstić information content (AvgIpc) is 2.26. The number of nitrogens with one attached hydrogen (secondary N) is 1. The first-order valence-corrected chi connectivity index (χ1v) is 6.01. The Balaban J connectivity index is 2.82. The number of phenolic OH excluding ortho intramolecular Hbond substituents is 1. The Bertz CT molecular complexity index is 408. The van der Waals surface area contributed by atoms with E-state index in [1.165, 1.54) is 7.11 Å². The van der Waals surface area contributed by atoms with Crippen LogP contribution in [0.15, 0.2) is 18.2 Å². The van der Waals surface area contributed by atoms with E-state index in [2.05, 4.69) is 5.32 Å². The second kappa shape index (κ2) is 5.16. The van der Waals surface area contributed by atoms with Gasteiger partial charge in [-0.1, -0.05) is 12.1 Å². The molecule has 0 spiro atoms. The molecule has 0 aliphatic carbocycles. The second-order valence-corrected chi connectivity index (χ2v) is 5.51. The lowest BCUT2D eigenvalue weighted by Crippen LogP contribution is -2.55. The lowest BCUT2D eigenvalue weighted by molar-refractivity contribution is -0.00540. The van der Waals surface area contributed by atoms with Gasteiger partial charge in [-0.05, 0) is 33.8 Å². The first-order valence-electron chi connectivity index (χ1n) is 6.01.